The van der Waals surface area contributed by atoms with Crippen molar-refractivity contribution in [3.05, 3.63) is 54.0 Å². The molecule has 3 heterocycles. The number of carbonyl (C=O) groups excluding carboxylic acids is 3. The van der Waals surface area contributed by atoms with Crippen molar-refractivity contribution in [3.8, 4) is 0 Å². The number of nitrogens with zero attached hydrogens (tertiary/aromatic N) is 4. The van der Waals surface area contributed by atoms with Gasteiger partial charge in [-0.15, -0.1) is 0 Å². The Labute approximate surface area is 154 Å². The number of benzene rings is 1. The van der Waals surface area contributed by atoms with Crippen molar-refractivity contribution < 1.29 is 14.4 Å². The first-order valence-corrected chi connectivity index (χ1v) is 8.30. The fraction of sp³-hybridized carbons (Fsp3) is 0.167. The number of hydrogen-bond acceptors (Lipinski definition) is 5. The van der Waals surface area contributed by atoms with Gasteiger partial charge in [0.25, 0.3) is 11.8 Å². The minimum absolute atomic E-state index is 0.287. The third-order valence-corrected chi connectivity index (χ3v) is 4.26. The summed E-state index contributed by atoms with van der Waals surface area (Å²) in [6.45, 7) is 3.48. The molecule has 0 spiro atoms. The summed E-state index contributed by atoms with van der Waals surface area (Å²) in [5, 5.41) is 9.44. The molecule has 27 heavy (non-hydrogen) atoms. The number of imide groups is 1. The molecule has 4 rings (SSSR count). The topological polar surface area (TPSA) is 109 Å². The number of rotatable bonds is 3. The van der Waals surface area contributed by atoms with Gasteiger partial charge in [-0.1, -0.05) is 12.1 Å². The molecule has 1 saturated heterocycles. The van der Waals surface area contributed by atoms with Gasteiger partial charge in [0.15, 0.2) is 5.65 Å². The van der Waals surface area contributed by atoms with Crippen LogP contribution in [0, 0.1) is 6.92 Å². The molecule has 1 aromatic carbocycles. The van der Waals surface area contributed by atoms with Crippen LogP contribution in [-0.4, -0.2) is 38.5 Å². The smallest absolute Gasteiger partial charge is 0.326 e. The summed E-state index contributed by atoms with van der Waals surface area (Å²) in [6, 6.07) is 5.48. The molecule has 0 radical (unpaired) electrons. The van der Waals surface area contributed by atoms with Crippen LogP contribution in [0.5, 0.6) is 0 Å². The van der Waals surface area contributed by atoms with E-state index < -0.39 is 18.0 Å². The average molecular weight is 364 g/mol. The summed E-state index contributed by atoms with van der Waals surface area (Å²) in [5.41, 5.74) is 2.26. The predicted octanol–water partition coefficient (Wildman–Crippen LogP) is 1.73. The van der Waals surface area contributed by atoms with Crippen LogP contribution in [0.3, 0.4) is 0 Å². The lowest BCUT2D eigenvalue weighted by molar-refractivity contribution is -0.117. The van der Waals surface area contributed by atoms with Gasteiger partial charge in [-0.25, -0.2) is 19.2 Å². The molecule has 1 aliphatic rings. The largest absolute Gasteiger partial charge is 0.329 e. The number of aromatic nitrogens is 3. The number of fused-ring (bicyclic) bond motifs is 1. The third-order valence-electron chi connectivity index (χ3n) is 4.26. The highest BCUT2D eigenvalue weighted by atomic mass is 16.2. The van der Waals surface area contributed by atoms with E-state index in [1.165, 1.54) is 10.7 Å². The molecule has 2 aromatic heterocycles. The first-order valence-electron chi connectivity index (χ1n) is 8.30. The number of para-hydroxylation sites is 2. The van der Waals surface area contributed by atoms with E-state index in [1.54, 1.807) is 43.6 Å². The van der Waals surface area contributed by atoms with Crippen LogP contribution in [0.4, 0.5) is 16.2 Å². The van der Waals surface area contributed by atoms with Crippen molar-refractivity contribution in [2.45, 2.75) is 19.9 Å². The van der Waals surface area contributed by atoms with Crippen LogP contribution in [0.25, 0.3) is 5.65 Å². The van der Waals surface area contributed by atoms with E-state index in [2.05, 4.69) is 20.7 Å². The molecule has 9 nitrogen and oxygen atoms in total. The van der Waals surface area contributed by atoms with Crippen LogP contribution < -0.4 is 15.5 Å². The van der Waals surface area contributed by atoms with Gasteiger partial charge in [-0.2, -0.15) is 5.10 Å². The minimum atomic E-state index is -0.617. The van der Waals surface area contributed by atoms with Gasteiger partial charge in [0.1, 0.15) is 11.6 Å². The van der Waals surface area contributed by atoms with E-state index in [4.69, 9.17) is 0 Å². The maximum Gasteiger partial charge on any atom is 0.329 e. The summed E-state index contributed by atoms with van der Waals surface area (Å²) in [6.07, 6.45) is 4.84. The molecular weight excluding hydrogens is 348 g/mol. The molecule has 1 atom stereocenters. The lowest BCUT2D eigenvalue weighted by atomic mass is 10.2. The summed E-state index contributed by atoms with van der Waals surface area (Å²) < 4.78 is 1.52. The van der Waals surface area contributed by atoms with E-state index in [0.717, 1.165) is 10.5 Å². The highest BCUT2D eigenvalue weighted by Gasteiger charge is 2.37. The summed E-state index contributed by atoms with van der Waals surface area (Å²) >= 11 is 0. The second kappa shape index (κ2) is 6.20. The SMILES string of the molecule is Cc1cnc2c(C(=O)Nc3ccccc3N3C(=O)NC(C)C3=O)cnn2c1. The average Bonchev–Trinajstić information content (AvgIpc) is 3.16. The van der Waals surface area contributed by atoms with Gasteiger partial charge in [-0.3, -0.25) is 9.59 Å². The number of anilines is 2. The second-order valence-electron chi connectivity index (χ2n) is 6.27. The molecule has 2 N–H and O–H groups in total. The molecule has 4 amide bonds. The van der Waals surface area contributed by atoms with Crippen LogP contribution in [0.15, 0.2) is 42.9 Å². The first kappa shape index (κ1) is 16.7. The van der Waals surface area contributed by atoms with Gasteiger partial charge in [0.05, 0.1) is 17.6 Å². The van der Waals surface area contributed by atoms with Crippen LogP contribution in [0.2, 0.25) is 0 Å². The monoisotopic (exact) mass is 364 g/mol. The van der Waals surface area contributed by atoms with Crippen molar-refractivity contribution in [2.75, 3.05) is 10.2 Å². The van der Waals surface area contributed by atoms with Crippen molar-refractivity contribution in [1.82, 2.24) is 19.9 Å². The maximum absolute atomic E-state index is 12.8. The van der Waals surface area contributed by atoms with Crippen molar-refractivity contribution in [1.29, 1.82) is 0 Å². The molecule has 136 valence electrons. The lowest BCUT2D eigenvalue weighted by Gasteiger charge is -2.17. The van der Waals surface area contributed by atoms with Crippen molar-refractivity contribution in [2.24, 2.45) is 0 Å². The van der Waals surface area contributed by atoms with E-state index >= 15 is 0 Å². The second-order valence-corrected chi connectivity index (χ2v) is 6.27. The van der Waals surface area contributed by atoms with E-state index in [0.29, 0.717) is 17.0 Å². The Balaban J connectivity index is 1.68. The van der Waals surface area contributed by atoms with Gasteiger partial charge in [0.2, 0.25) is 0 Å². The number of carbonyl (C=O) groups is 3. The zero-order valence-electron chi connectivity index (χ0n) is 14.6. The number of nitrogens with one attached hydrogen (secondary N) is 2. The molecule has 1 aliphatic heterocycles. The summed E-state index contributed by atoms with van der Waals surface area (Å²) in [7, 11) is 0. The first-order chi connectivity index (χ1) is 13.0. The molecule has 0 saturated carbocycles. The number of amides is 4. The molecule has 0 aliphatic carbocycles. The van der Waals surface area contributed by atoms with Gasteiger partial charge in [-0.05, 0) is 31.5 Å². The Hall–Kier alpha value is -3.75. The molecule has 1 fully saturated rings. The van der Waals surface area contributed by atoms with Crippen LogP contribution in [0.1, 0.15) is 22.8 Å². The van der Waals surface area contributed by atoms with Crippen molar-refractivity contribution >= 4 is 34.9 Å². The van der Waals surface area contributed by atoms with E-state index in [9.17, 15) is 14.4 Å². The highest BCUT2D eigenvalue weighted by Crippen LogP contribution is 2.29. The quantitative estimate of drug-likeness (QED) is 0.688. The van der Waals surface area contributed by atoms with Gasteiger partial charge < -0.3 is 10.6 Å². The van der Waals surface area contributed by atoms with Crippen LogP contribution in [-0.2, 0) is 4.79 Å². The Morgan fingerprint density at radius 3 is 2.74 bits per heavy atom. The van der Waals surface area contributed by atoms with E-state index in [-0.39, 0.29) is 11.5 Å². The molecule has 0 bridgehead atoms. The summed E-state index contributed by atoms with van der Waals surface area (Å²) in [5.74, 6) is -0.816. The zero-order chi connectivity index (χ0) is 19.1. The normalized spacial score (nSPS) is 16.7. The van der Waals surface area contributed by atoms with Gasteiger partial charge in [0, 0.05) is 12.4 Å². The van der Waals surface area contributed by atoms with Crippen molar-refractivity contribution in [3.63, 3.8) is 0 Å². The molecule has 1 unspecified atom stereocenters. The maximum atomic E-state index is 12.8. The molecule has 3 aromatic rings. The number of urea groups is 1. The fourth-order valence-electron chi connectivity index (χ4n) is 2.93. The number of hydrogen-bond donors (Lipinski definition) is 2. The Bertz CT molecular complexity index is 1090. The Kier molecular flexibility index (Phi) is 3.84. The third kappa shape index (κ3) is 2.78. The van der Waals surface area contributed by atoms with Gasteiger partial charge >= 0.3 is 6.03 Å². The standard InChI is InChI=1S/C18H16N6O3/c1-10-7-19-15-12(8-20-23(15)9-10)16(25)22-13-5-3-4-6-14(13)24-17(26)11(2)21-18(24)27/h3-9,11H,1-2H3,(H,21,27)(H,22,25). The Morgan fingerprint density at radius 1 is 1.22 bits per heavy atom. The lowest BCUT2D eigenvalue weighted by Crippen LogP contribution is -2.32. The molecular formula is C18H16N6O3. The molecule has 9 heteroatoms. The highest BCUT2D eigenvalue weighted by molar-refractivity contribution is 6.23. The predicted molar refractivity (Wildman–Crippen MR) is 97.6 cm³/mol. The fourth-order valence-corrected chi connectivity index (χ4v) is 2.93. The zero-order valence-corrected chi connectivity index (χ0v) is 14.6. The minimum Gasteiger partial charge on any atom is -0.326 e. The van der Waals surface area contributed by atoms with E-state index in [1.807, 2.05) is 6.92 Å². The van der Waals surface area contributed by atoms with Crippen LogP contribution >= 0.6 is 0 Å². The number of aryl methyl sites for hydroxylation is 1. The summed E-state index contributed by atoms with van der Waals surface area (Å²) in [4.78, 5) is 42.5. The Morgan fingerprint density at radius 2 is 2.00 bits per heavy atom.